The second-order valence-corrected chi connectivity index (χ2v) is 5.04. The molecule has 0 spiro atoms. The summed E-state index contributed by atoms with van der Waals surface area (Å²) in [5, 5.41) is 8.17. The van der Waals surface area contributed by atoms with Crippen LogP contribution in [0.2, 0.25) is 5.02 Å². The Kier molecular flexibility index (Phi) is 3.86. The van der Waals surface area contributed by atoms with Gasteiger partial charge in [0.25, 0.3) is 0 Å². The van der Waals surface area contributed by atoms with Crippen molar-refractivity contribution in [1.29, 1.82) is 0 Å². The number of nitrogens with one attached hydrogen (secondary N) is 1. The second kappa shape index (κ2) is 5.21. The Morgan fingerprint density at radius 2 is 2.24 bits per heavy atom. The van der Waals surface area contributed by atoms with E-state index in [1.807, 2.05) is 44.7 Å². The third-order valence-corrected chi connectivity index (χ3v) is 3.95. The monoisotopic (exact) mass is 313 g/mol. The lowest BCUT2D eigenvalue weighted by Crippen LogP contribution is -2.17. The van der Waals surface area contributed by atoms with E-state index in [1.54, 1.807) is 4.68 Å². The fourth-order valence-electron chi connectivity index (χ4n) is 1.83. The van der Waals surface area contributed by atoms with E-state index in [9.17, 15) is 0 Å². The van der Waals surface area contributed by atoms with E-state index < -0.39 is 0 Å². The van der Waals surface area contributed by atoms with Gasteiger partial charge in [0.1, 0.15) is 0 Å². The van der Waals surface area contributed by atoms with Crippen molar-refractivity contribution in [2.75, 3.05) is 7.05 Å². The van der Waals surface area contributed by atoms with Crippen LogP contribution < -0.4 is 5.32 Å². The molecule has 17 heavy (non-hydrogen) atoms. The van der Waals surface area contributed by atoms with Crippen molar-refractivity contribution < 1.29 is 0 Å². The Bertz CT molecular complexity index is 524. The predicted molar refractivity (Wildman–Crippen MR) is 73.3 cm³/mol. The van der Waals surface area contributed by atoms with Crippen molar-refractivity contribution in [2.24, 2.45) is 7.05 Å². The average Bonchev–Trinajstić information content (AvgIpc) is 2.72. The molecule has 0 aliphatic carbocycles. The van der Waals surface area contributed by atoms with E-state index in [1.165, 1.54) is 0 Å². The number of halogens is 2. The fourth-order valence-corrected chi connectivity index (χ4v) is 2.45. The van der Waals surface area contributed by atoms with Crippen LogP contribution >= 0.6 is 27.5 Å². The quantitative estimate of drug-likeness (QED) is 0.943. The SMILES string of the molecule is CNC(c1cnn(C)c1)c1cccc(Br)c1Cl. The number of nitrogens with zero attached hydrogens (tertiary/aromatic N) is 2. The highest BCUT2D eigenvalue weighted by molar-refractivity contribution is 9.10. The predicted octanol–water partition coefficient (Wildman–Crippen LogP) is 3.14. The first kappa shape index (κ1) is 12.6. The van der Waals surface area contributed by atoms with Crippen LogP contribution in [0.15, 0.2) is 35.1 Å². The standard InChI is InChI=1S/C12H13BrClN3/c1-15-12(8-6-16-17(2)7-8)9-4-3-5-10(13)11(9)14/h3-7,12,15H,1-2H3. The second-order valence-electron chi connectivity index (χ2n) is 3.81. The van der Waals surface area contributed by atoms with Crippen LogP contribution in [0.5, 0.6) is 0 Å². The Hall–Kier alpha value is -0.840. The van der Waals surface area contributed by atoms with Crippen LogP contribution in [0.4, 0.5) is 0 Å². The van der Waals surface area contributed by atoms with Crippen molar-refractivity contribution >= 4 is 27.5 Å². The van der Waals surface area contributed by atoms with Crippen LogP contribution in [-0.2, 0) is 7.05 Å². The largest absolute Gasteiger partial charge is 0.309 e. The van der Waals surface area contributed by atoms with Gasteiger partial charge < -0.3 is 5.32 Å². The summed E-state index contributed by atoms with van der Waals surface area (Å²) in [6, 6.07) is 5.98. The summed E-state index contributed by atoms with van der Waals surface area (Å²) in [5.41, 5.74) is 2.13. The maximum Gasteiger partial charge on any atom is 0.0620 e. The zero-order valence-electron chi connectivity index (χ0n) is 9.61. The van der Waals surface area contributed by atoms with Crippen molar-refractivity contribution in [2.45, 2.75) is 6.04 Å². The number of hydrogen-bond donors (Lipinski definition) is 1. The number of aryl methyl sites for hydroxylation is 1. The van der Waals surface area contributed by atoms with E-state index in [0.717, 1.165) is 20.6 Å². The highest BCUT2D eigenvalue weighted by Gasteiger charge is 2.17. The molecule has 2 rings (SSSR count). The molecule has 1 atom stereocenters. The highest BCUT2D eigenvalue weighted by atomic mass is 79.9. The zero-order valence-corrected chi connectivity index (χ0v) is 12.0. The molecule has 0 fully saturated rings. The van der Waals surface area contributed by atoms with Gasteiger partial charge in [-0.15, -0.1) is 0 Å². The van der Waals surface area contributed by atoms with E-state index in [2.05, 4.69) is 26.3 Å². The summed E-state index contributed by atoms with van der Waals surface area (Å²) in [7, 11) is 3.81. The molecule has 90 valence electrons. The molecule has 2 aromatic rings. The van der Waals surface area contributed by atoms with Gasteiger partial charge in [0.2, 0.25) is 0 Å². The smallest absolute Gasteiger partial charge is 0.0620 e. The number of benzene rings is 1. The van der Waals surface area contributed by atoms with Crippen LogP contribution in [-0.4, -0.2) is 16.8 Å². The molecule has 1 unspecified atom stereocenters. The third kappa shape index (κ3) is 2.54. The van der Waals surface area contributed by atoms with Gasteiger partial charge in [0, 0.05) is 23.3 Å². The lowest BCUT2D eigenvalue weighted by molar-refractivity contribution is 0.689. The van der Waals surface area contributed by atoms with E-state index in [0.29, 0.717) is 0 Å². The molecule has 0 saturated carbocycles. The Balaban J connectivity index is 2.45. The van der Waals surface area contributed by atoms with Crippen molar-refractivity contribution in [3.63, 3.8) is 0 Å². The van der Waals surface area contributed by atoms with Crippen LogP contribution in [0.3, 0.4) is 0 Å². The van der Waals surface area contributed by atoms with Gasteiger partial charge in [-0.2, -0.15) is 5.10 Å². The van der Waals surface area contributed by atoms with Gasteiger partial charge in [-0.05, 0) is 34.6 Å². The number of rotatable bonds is 3. The zero-order chi connectivity index (χ0) is 12.4. The Morgan fingerprint density at radius 1 is 1.47 bits per heavy atom. The summed E-state index contributed by atoms with van der Waals surface area (Å²) < 4.78 is 2.69. The maximum absolute atomic E-state index is 6.31. The van der Waals surface area contributed by atoms with Gasteiger partial charge >= 0.3 is 0 Å². The van der Waals surface area contributed by atoms with E-state index in [-0.39, 0.29) is 6.04 Å². The summed E-state index contributed by atoms with van der Waals surface area (Å²) in [6.07, 6.45) is 3.83. The maximum atomic E-state index is 6.31. The normalized spacial score (nSPS) is 12.7. The number of aromatic nitrogens is 2. The number of hydrogen-bond acceptors (Lipinski definition) is 2. The molecule has 1 aromatic heterocycles. The molecule has 5 heteroatoms. The fraction of sp³-hybridized carbons (Fsp3) is 0.250. The van der Waals surface area contributed by atoms with Gasteiger partial charge in [0.05, 0.1) is 17.3 Å². The van der Waals surface area contributed by atoms with Gasteiger partial charge in [-0.25, -0.2) is 0 Å². The molecule has 0 aliphatic rings. The summed E-state index contributed by atoms with van der Waals surface area (Å²) >= 11 is 9.75. The molecule has 0 amide bonds. The van der Waals surface area contributed by atoms with Gasteiger partial charge in [-0.1, -0.05) is 23.7 Å². The summed E-state index contributed by atoms with van der Waals surface area (Å²) in [4.78, 5) is 0. The first-order chi connectivity index (χ1) is 8.13. The van der Waals surface area contributed by atoms with Crippen molar-refractivity contribution in [3.05, 3.63) is 51.2 Å². The molecule has 0 bridgehead atoms. The topological polar surface area (TPSA) is 29.9 Å². The molecule has 0 saturated heterocycles. The van der Waals surface area contributed by atoms with Crippen molar-refractivity contribution in [3.8, 4) is 0 Å². The minimum Gasteiger partial charge on any atom is -0.309 e. The van der Waals surface area contributed by atoms with E-state index in [4.69, 9.17) is 11.6 Å². The molecule has 3 nitrogen and oxygen atoms in total. The first-order valence-electron chi connectivity index (χ1n) is 5.23. The van der Waals surface area contributed by atoms with Crippen LogP contribution in [0.25, 0.3) is 0 Å². The summed E-state index contributed by atoms with van der Waals surface area (Å²) in [5.74, 6) is 0. The lowest BCUT2D eigenvalue weighted by atomic mass is 10.0. The lowest BCUT2D eigenvalue weighted by Gasteiger charge is -2.17. The van der Waals surface area contributed by atoms with Crippen LogP contribution in [0.1, 0.15) is 17.2 Å². The van der Waals surface area contributed by atoms with E-state index >= 15 is 0 Å². The minimum absolute atomic E-state index is 0.0497. The molecule has 1 aromatic carbocycles. The Labute approximate surface area is 114 Å². The molecule has 0 radical (unpaired) electrons. The molecule has 1 heterocycles. The average molecular weight is 315 g/mol. The molecular weight excluding hydrogens is 302 g/mol. The Morgan fingerprint density at radius 3 is 2.82 bits per heavy atom. The minimum atomic E-state index is 0.0497. The van der Waals surface area contributed by atoms with Gasteiger partial charge in [-0.3, -0.25) is 4.68 Å². The highest BCUT2D eigenvalue weighted by Crippen LogP contribution is 2.32. The first-order valence-corrected chi connectivity index (χ1v) is 6.40. The van der Waals surface area contributed by atoms with Crippen molar-refractivity contribution in [1.82, 2.24) is 15.1 Å². The molecular formula is C12H13BrClN3. The van der Waals surface area contributed by atoms with Gasteiger partial charge in [0.15, 0.2) is 0 Å². The molecule has 0 aliphatic heterocycles. The molecule has 1 N–H and O–H groups in total. The third-order valence-electron chi connectivity index (χ3n) is 2.64. The summed E-state index contributed by atoms with van der Waals surface area (Å²) in [6.45, 7) is 0. The van der Waals surface area contributed by atoms with Crippen LogP contribution in [0, 0.1) is 0 Å².